The number of hydrogen-bond acceptors (Lipinski definition) is 31. The van der Waals surface area contributed by atoms with Crippen LogP contribution in [0.4, 0.5) is 11.8 Å². The fourth-order valence-electron chi connectivity index (χ4n) is 16.7. The molecule has 10 rings (SSSR count). The number of rotatable bonds is 38. The number of aliphatic hydroxyl groups is 3. The predicted octanol–water partition coefficient (Wildman–Crippen LogP) is 6.79. The Kier molecular flexibility index (Phi) is 40.0. The van der Waals surface area contributed by atoms with E-state index in [1.54, 1.807) is 74.8 Å². The number of methoxy groups -OCH3 is 2. The third kappa shape index (κ3) is 29.5. The molecule has 1 aliphatic carbocycles. The first-order valence-electron chi connectivity index (χ1n) is 45.0. The van der Waals surface area contributed by atoms with Gasteiger partial charge in [-0.3, -0.25) is 33.6 Å². The molecule has 0 unspecified atom stereocenters. The summed E-state index contributed by atoms with van der Waals surface area (Å²) in [6.45, 7) is 15.4. The summed E-state index contributed by atoms with van der Waals surface area (Å²) in [5.74, 6) is -9.52. The number of allylic oxidation sites excluding steroid dienone is 6. The molecular formula is C92H131N15O22. The molecule has 1 saturated carbocycles. The minimum atomic E-state index is -2.51. The molecule has 12 N–H and O–H groups in total. The van der Waals surface area contributed by atoms with Gasteiger partial charge in [0.15, 0.2) is 17.0 Å². The standard InChI is InChI=1S/C92H131N15O22/c1-57-17-10-9-11-18-58(2)75(119-7)53-67-25-22-62(6)92(118,129-67)85(114)89(116)105-33-14-12-21-72(105)90(117)127-76(54-73(108)59(3)48-61(5)83(112)84(113)82(111)60(4)47-57)68(93)49-63-23-26-71(77(50-63)120-8)107-55-70(102-104-107)64-19-16-20-66(51-64)88(115)98-32-38-124-42-46-126-44-40-122-36-29-79(110)97-31-37-123-41-45-125-43-39-121-35-28-78(109)96-30-13-15-34-106-87-80(86(94)99-56-100-87)81(103-106)65-24-27-74-69(52-65)101-91(95)128-74/h9-11,16-20,24,27,48,51-52,55-57,59-60,62-63,67-68,71-72,75-77,83-84,112-113,118H,12-15,21-23,25-26,28-47,49-50,53-54,93H2,1-8H3,(H2,95,101)(H,96,109)(H,97,110)(H,98,115)(H2,94,99,100)/b11-9?,17-10+,58-18?,61-48+/t57-,59-,60-,62-,63+,67+,68-,71+,72+,75+,76+,77-,83-,84+,92-/m1/s1. The SMILES string of the molecule is CO[C@H]1C[C@@H]2CC[C@@H](C)[C@@](O)(O2)C(=O)C(=O)N2CCCC[C@H]2C(=O)O[C@H]([C@H](N)C[C@@H]2CC[C@H](n3cc(-c4cccc(C(=O)NCCOCCOCCOCCC(=O)NCCOCCOCCOCCC(=O)NCCCCn5nc(-c6ccc7oc(N)nc7c6)c6c(N)ncnc65)c4)nn3)[C@H](OC)C2)CC(=O)[C@H](C)/C=C(\C)[C@@H](O)[C@@H](O)C(=O)[C@H](C)C[C@H](C)/C=C/C=CC=C1C. The molecule has 0 spiro atoms. The van der Waals surface area contributed by atoms with Crippen molar-refractivity contribution >= 4 is 80.9 Å². The summed E-state index contributed by atoms with van der Waals surface area (Å²) < 4.78 is 67.0. The number of carbonyl (C=O) groups is 8. The zero-order chi connectivity index (χ0) is 92.5. The van der Waals surface area contributed by atoms with E-state index in [0.29, 0.717) is 174 Å². The van der Waals surface area contributed by atoms with Crippen LogP contribution in [0.25, 0.3) is 44.6 Å². The Hall–Kier alpha value is -10.0. The van der Waals surface area contributed by atoms with Gasteiger partial charge < -0.3 is 105 Å². The number of carbonyl (C=O) groups excluding carboxylic acids is 8. The molecule has 37 nitrogen and oxygen atoms in total. The highest BCUT2D eigenvalue weighted by atomic mass is 16.6. The number of unbranched alkanes of at least 4 members (excludes halogenated alkanes) is 1. The van der Waals surface area contributed by atoms with Gasteiger partial charge in [-0.1, -0.05) is 81.5 Å². The van der Waals surface area contributed by atoms with Crippen molar-refractivity contribution in [1.29, 1.82) is 0 Å². The van der Waals surface area contributed by atoms with E-state index in [4.69, 9.17) is 74.1 Å². The van der Waals surface area contributed by atoms with Crippen LogP contribution in [-0.4, -0.2) is 281 Å². The molecular weight excluding hydrogens is 1670 g/mol. The maximum Gasteiger partial charge on any atom is 0.329 e. The summed E-state index contributed by atoms with van der Waals surface area (Å²) in [5.41, 5.74) is 24.9. The van der Waals surface area contributed by atoms with Gasteiger partial charge in [-0.05, 0) is 144 Å². The summed E-state index contributed by atoms with van der Waals surface area (Å²) in [4.78, 5) is 124. The monoisotopic (exact) mass is 1800 g/mol. The number of fused-ring (bicyclic) bond motifs is 5. The highest BCUT2D eigenvalue weighted by Gasteiger charge is 2.53. The Morgan fingerprint density at radius 3 is 2.11 bits per heavy atom. The number of aryl methyl sites for hydroxylation is 1. The number of hydrogen-bond donors (Lipinski definition) is 9. The Labute approximate surface area is 752 Å². The number of nitrogens with one attached hydrogen (secondary N) is 3. The van der Waals surface area contributed by atoms with Crippen LogP contribution < -0.4 is 33.2 Å². The van der Waals surface area contributed by atoms with Crippen LogP contribution in [0.2, 0.25) is 0 Å². The van der Waals surface area contributed by atoms with Crippen molar-refractivity contribution in [3.8, 4) is 22.5 Å². The molecule has 4 aliphatic rings. The first kappa shape index (κ1) is 101. The minimum absolute atomic E-state index is 0.000147. The molecule has 4 aromatic heterocycles. The van der Waals surface area contributed by atoms with Gasteiger partial charge in [-0.15, -0.1) is 5.10 Å². The number of nitrogens with zero attached hydrogens (tertiary/aromatic N) is 9. The number of Topliss-reactive ketones (excluding diaryl/α,β-unsaturated/α-hetero) is 3. The van der Waals surface area contributed by atoms with Crippen molar-refractivity contribution in [3.05, 3.63) is 108 Å². The maximum atomic E-state index is 14.8. The number of esters is 1. The van der Waals surface area contributed by atoms with Crippen LogP contribution in [-0.2, 0) is 87.5 Å². The number of amides is 4. The Balaban J connectivity index is 0.586. The van der Waals surface area contributed by atoms with Gasteiger partial charge in [0.1, 0.15) is 59.2 Å². The lowest BCUT2D eigenvalue weighted by atomic mass is 9.79. The predicted molar refractivity (Wildman–Crippen MR) is 477 cm³/mol. The van der Waals surface area contributed by atoms with Crippen molar-refractivity contribution in [2.75, 3.05) is 131 Å². The summed E-state index contributed by atoms with van der Waals surface area (Å²) in [6.07, 6.45) is 13.7. The second-order valence-electron chi connectivity index (χ2n) is 33.8. The molecule has 4 amide bonds. The van der Waals surface area contributed by atoms with Crippen LogP contribution in [0.5, 0.6) is 0 Å². The third-order valence-electron chi connectivity index (χ3n) is 24.2. The number of nitrogen functional groups attached to an aromatic ring is 2. The first-order valence-corrected chi connectivity index (χ1v) is 45.0. The second-order valence-corrected chi connectivity index (χ2v) is 33.8. The highest BCUT2D eigenvalue weighted by molar-refractivity contribution is 6.39. The van der Waals surface area contributed by atoms with E-state index in [0.717, 1.165) is 22.5 Å². The van der Waals surface area contributed by atoms with Crippen molar-refractivity contribution in [3.63, 3.8) is 0 Å². The van der Waals surface area contributed by atoms with E-state index in [2.05, 4.69) is 41.2 Å². The average molecular weight is 1800 g/mol. The molecule has 2 bridgehead atoms. The number of ketones is 3. The number of aromatic nitrogens is 8. The number of ether oxygens (including phenoxy) is 10. The quantitative estimate of drug-likeness (QED) is 0.00833. The van der Waals surface area contributed by atoms with Crippen LogP contribution in [0, 0.1) is 29.6 Å². The van der Waals surface area contributed by atoms with E-state index >= 15 is 0 Å². The zero-order valence-corrected chi connectivity index (χ0v) is 75.4. The molecule has 6 aromatic rings. The van der Waals surface area contributed by atoms with Crippen molar-refractivity contribution in [1.82, 2.24) is 60.6 Å². The van der Waals surface area contributed by atoms with E-state index in [9.17, 15) is 53.7 Å². The molecule has 3 aliphatic heterocycles. The second kappa shape index (κ2) is 51.0. The van der Waals surface area contributed by atoms with Crippen molar-refractivity contribution in [2.24, 2.45) is 35.3 Å². The maximum absolute atomic E-state index is 14.8. The number of anilines is 2. The largest absolute Gasteiger partial charge is 0.459 e. The molecule has 7 heterocycles. The summed E-state index contributed by atoms with van der Waals surface area (Å²) >= 11 is 0. The number of nitrogens with two attached hydrogens (primary N) is 3. The van der Waals surface area contributed by atoms with Crippen molar-refractivity contribution < 1.29 is 105 Å². The van der Waals surface area contributed by atoms with Crippen molar-refractivity contribution in [2.45, 2.75) is 211 Å². The fraction of sp³-hybridized carbons (Fsp3) is 0.609. The summed E-state index contributed by atoms with van der Waals surface area (Å²) in [5, 5.41) is 57.8. The van der Waals surface area contributed by atoms with Crippen LogP contribution in [0.3, 0.4) is 0 Å². The number of oxazole rings is 1. The highest BCUT2D eigenvalue weighted by Crippen LogP contribution is 2.40. The number of aliphatic hydroxyl groups excluding tert-OH is 2. The lowest BCUT2D eigenvalue weighted by Gasteiger charge is -2.42. The lowest BCUT2D eigenvalue weighted by Crippen LogP contribution is -2.61. The molecule has 15 atom stereocenters. The normalized spacial score (nSPS) is 25.5. The van der Waals surface area contributed by atoms with Crippen LogP contribution in [0.1, 0.15) is 161 Å². The van der Waals surface area contributed by atoms with Gasteiger partial charge in [0.05, 0.1) is 115 Å². The average Bonchev–Trinajstić information content (AvgIpc) is 1.71. The smallest absolute Gasteiger partial charge is 0.329 e. The van der Waals surface area contributed by atoms with Gasteiger partial charge in [0, 0.05) is 113 Å². The van der Waals surface area contributed by atoms with Crippen LogP contribution >= 0.6 is 0 Å². The molecule has 706 valence electrons. The topological polar surface area (TPSA) is 507 Å². The van der Waals surface area contributed by atoms with E-state index < -0.39 is 108 Å². The van der Waals surface area contributed by atoms with E-state index in [1.165, 1.54) is 19.3 Å². The first-order chi connectivity index (χ1) is 62.1. The molecule has 0 radical (unpaired) electrons. The number of cyclic esters (lactones) is 1. The zero-order valence-electron chi connectivity index (χ0n) is 75.4. The molecule has 3 fully saturated rings. The minimum Gasteiger partial charge on any atom is -0.459 e. The van der Waals surface area contributed by atoms with Gasteiger partial charge in [0.2, 0.25) is 17.6 Å². The Bertz CT molecular complexity index is 4800. The van der Waals surface area contributed by atoms with Gasteiger partial charge in [0.25, 0.3) is 23.6 Å². The number of benzene rings is 2. The molecule has 2 aromatic carbocycles. The van der Waals surface area contributed by atoms with Gasteiger partial charge in [-0.25, -0.2) is 24.1 Å². The Morgan fingerprint density at radius 1 is 0.713 bits per heavy atom. The summed E-state index contributed by atoms with van der Waals surface area (Å²) in [7, 11) is 3.15. The third-order valence-corrected chi connectivity index (χ3v) is 24.2. The van der Waals surface area contributed by atoms with Gasteiger partial charge in [-0.2, -0.15) is 10.1 Å². The van der Waals surface area contributed by atoms with Crippen LogP contribution in [0.15, 0.2) is 107 Å². The summed E-state index contributed by atoms with van der Waals surface area (Å²) in [6, 6.07) is 10.1. The lowest BCUT2D eigenvalue weighted by molar-refractivity contribution is -0.265. The van der Waals surface area contributed by atoms with Gasteiger partial charge >= 0.3 is 5.97 Å². The molecule has 129 heavy (non-hydrogen) atoms. The fourth-order valence-corrected chi connectivity index (χ4v) is 16.7. The molecule has 2 saturated heterocycles. The molecule has 37 heteroatoms. The number of piperidine rings is 1. The van der Waals surface area contributed by atoms with E-state index in [1.807, 2.05) is 62.4 Å². The van der Waals surface area contributed by atoms with E-state index in [-0.39, 0.29) is 125 Å². The Morgan fingerprint density at radius 2 is 1.40 bits per heavy atom.